The van der Waals surface area contributed by atoms with Gasteiger partial charge in [-0.2, -0.15) is 5.10 Å². The SMILES string of the molecule is C=CCn1c(=S)[nH]c2cc(C(=O)Nc3cnn(CCN(C)C)c3)ccc2c1=O. The Morgan fingerprint density at radius 1 is 1.43 bits per heavy atom. The van der Waals surface area contributed by atoms with Crippen LogP contribution in [0.2, 0.25) is 0 Å². The second-order valence-electron chi connectivity index (χ2n) is 6.64. The van der Waals surface area contributed by atoms with Gasteiger partial charge in [-0.25, -0.2) is 0 Å². The Bertz CT molecular complexity index is 1140. The molecule has 0 fully saturated rings. The topological polar surface area (TPSA) is 87.9 Å². The number of hydrogen-bond acceptors (Lipinski definition) is 5. The van der Waals surface area contributed by atoms with Gasteiger partial charge in [-0.1, -0.05) is 6.08 Å². The van der Waals surface area contributed by atoms with Crippen LogP contribution >= 0.6 is 12.2 Å². The highest BCUT2D eigenvalue weighted by molar-refractivity contribution is 7.71. The first-order valence-electron chi connectivity index (χ1n) is 8.75. The molecular formula is C19H22N6O2S. The van der Waals surface area contributed by atoms with Crippen LogP contribution in [0.25, 0.3) is 10.9 Å². The second-order valence-corrected chi connectivity index (χ2v) is 7.03. The lowest BCUT2D eigenvalue weighted by Gasteiger charge is -2.09. The molecule has 0 saturated carbocycles. The zero-order valence-electron chi connectivity index (χ0n) is 15.8. The number of amides is 1. The van der Waals surface area contributed by atoms with E-state index in [0.717, 1.165) is 13.1 Å². The van der Waals surface area contributed by atoms with Gasteiger partial charge in [0.15, 0.2) is 4.77 Å². The van der Waals surface area contributed by atoms with Gasteiger partial charge in [-0.3, -0.25) is 18.8 Å². The lowest BCUT2D eigenvalue weighted by Crippen LogP contribution is -2.22. The molecule has 3 aromatic rings. The zero-order valence-corrected chi connectivity index (χ0v) is 16.6. The third kappa shape index (κ3) is 4.26. The van der Waals surface area contributed by atoms with Crippen LogP contribution in [0.5, 0.6) is 0 Å². The molecule has 2 N–H and O–H groups in total. The first-order valence-corrected chi connectivity index (χ1v) is 9.16. The molecule has 0 bridgehead atoms. The van der Waals surface area contributed by atoms with Gasteiger partial charge >= 0.3 is 0 Å². The molecule has 9 heteroatoms. The summed E-state index contributed by atoms with van der Waals surface area (Å²) >= 11 is 5.24. The Labute approximate surface area is 167 Å². The van der Waals surface area contributed by atoms with Crippen LogP contribution in [0.3, 0.4) is 0 Å². The van der Waals surface area contributed by atoms with Gasteiger partial charge < -0.3 is 15.2 Å². The van der Waals surface area contributed by atoms with Crippen LogP contribution in [-0.2, 0) is 13.1 Å². The Kier molecular flexibility index (Phi) is 5.86. The summed E-state index contributed by atoms with van der Waals surface area (Å²) in [5, 5.41) is 7.52. The number of fused-ring (bicyclic) bond motifs is 1. The van der Waals surface area contributed by atoms with E-state index in [1.165, 1.54) is 4.57 Å². The van der Waals surface area contributed by atoms with Crippen molar-refractivity contribution >= 4 is 34.7 Å². The quantitative estimate of drug-likeness (QED) is 0.471. The summed E-state index contributed by atoms with van der Waals surface area (Å²) in [5.74, 6) is -0.288. The minimum absolute atomic E-state index is 0.215. The number of aromatic amines is 1. The van der Waals surface area contributed by atoms with Crippen molar-refractivity contribution in [2.45, 2.75) is 13.1 Å². The number of hydrogen-bond donors (Lipinski definition) is 2. The molecule has 2 heterocycles. The van der Waals surface area contributed by atoms with Crippen molar-refractivity contribution in [2.75, 3.05) is 26.0 Å². The smallest absolute Gasteiger partial charge is 0.262 e. The Balaban J connectivity index is 1.82. The monoisotopic (exact) mass is 398 g/mol. The van der Waals surface area contributed by atoms with Gasteiger partial charge in [-0.15, -0.1) is 6.58 Å². The number of nitrogens with one attached hydrogen (secondary N) is 2. The zero-order chi connectivity index (χ0) is 20.3. The molecule has 1 amide bonds. The van der Waals surface area contributed by atoms with Crippen molar-refractivity contribution in [3.8, 4) is 0 Å². The van der Waals surface area contributed by atoms with Crippen LogP contribution in [0.15, 0.2) is 48.0 Å². The Hall–Kier alpha value is -3.04. The van der Waals surface area contributed by atoms with Crippen LogP contribution in [0.4, 0.5) is 5.69 Å². The molecule has 0 atom stereocenters. The summed E-state index contributed by atoms with van der Waals surface area (Å²) in [6, 6.07) is 4.86. The third-order valence-electron chi connectivity index (χ3n) is 4.22. The molecule has 1 aromatic carbocycles. The molecule has 0 radical (unpaired) electrons. The van der Waals surface area contributed by atoms with Gasteiger partial charge in [0.2, 0.25) is 0 Å². The molecule has 8 nitrogen and oxygen atoms in total. The number of carbonyl (C=O) groups is 1. The van der Waals surface area contributed by atoms with E-state index in [4.69, 9.17) is 12.2 Å². The molecule has 146 valence electrons. The van der Waals surface area contributed by atoms with E-state index in [2.05, 4.69) is 26.9 Å². The van der Waals surface area contributed by atoms with Gasteiger partial charge in [0.25, 0.3) is 11.5 Å². The summed E-state index contributed by atoms with van der Waals surface area (Å²) in [7, 11) is 3.98. The molecule has 2 aromatic heterocycles. The normalized spacial score (nSPS) is 11.1. The maximum atomic E-state index is 12.6. The summed E-state index contributed by atoms with van der Waals surface area (Å²) < 4.78 is 3.49. The first kappa shape index (κ1) is 19.7. The standard InChI is InChI=1S/C19H22N6O2S/c1-4-7-25-18(27)15-6-5-13(10-16(15)22-19(25)28)17(26)21-14-11-20-24(12-14)9-8-23(2)3/h4-6,10-12H,1,7-9H2,2-3H3,(H,21,26)(H,22,28). The number of anilines is 1. The van der Waals surface area contributed by atoms with Crippen LogP contribution in [0.1, 0.15) is 10.4 Å². The highest BCUT2D eigenvalue weighted by Crippen LogP contribution is 2.13. The minimum Gasteiger partial charge on any atom is -0.332 e. The number of allylic oxidation sites excluding steroid dienone is 1. The van der Waals surface area contributed by atoms with Gasteiger partial charge in [0.1, 0.15) is 0 Å². The fourth-order valence-corrected chi connectivity index (χ4v) is 3.01. The molecule has 0 aliphatic heterocycles. The molecular weight excluding hydrogens is 376 g/mol. The second kappa shape index (κ2) is 8.32. The average molecular weight is 398 g/mol. The summed E-state index contributed by atoms with van der Waals surface area (Å²) in [4.78, 5) is 30.2. The lowest BCUT2D eigenvalue weighted by molar-refractivity contribution is 0.102. The predicted octanol–water partition coefficient (Wildman–Crippen LogP) is 2.26. The van der Waals surface area contributed by atoms with Crippen LogP contribution in [-0.4, -0.2) is 50.8 Å². The Morgan fingerprint density at radius 3 is 2.93 bits per heavy atom. The van der Waals surface area contributed by atoms with E-state index < -0.39 is 0 Å². The van der Waals surface area contributed by atoms with E-state index in [0.29, 0.717) is 28.7 Å². The van der Waals surface area contributed by atoms with E-state index in [-0.39, 0.29) is 16.2 Å². The number of carbonyl (C=O) groups excluding carboxylic acids is 1. The van der Waals surface area contributed by atoms with E-state index in [1.54, 1.807) is 41.4 Å². The number of nitrogens with zero attached hydrogens (tertiary/aromatic N) is 4. The van der Waals surface area contributed by atoms with E-state index >= 15 is 0 Å². The predicted molar refractivity (Wildman–Crippen MR) is 112 cm³/mol. The van der Waals surface area contributed by atoms with Gasteiger partial charge in [0, 0.05) is 24.8 Å². The minimum atomic E-state index is -0.288. The molecule has 0 saturated heterocycles. The van der Waals surface area contributed by atoms with Crippen molar-refractivity contribution < 1.29 is 4.79 Å². The number of likely N-dealkylation sites (N-methyl/N-ethyl adjacent to an activating group) is 1. The molecule has 3 rings (SSSR count). The summed E-state index contributed by atoms with van der Waals surface area (Å²) in [5.41, 5.74) is 1.33. The maximum Gasteiger partial charge on any atom is 0.262 e. The fraction of sp³-hybridized carbons (Fsp3) is 0.263. The molecule has 28 heavy (non-hydrogen) atoms. The van der Waals surface area contributed by atoms with Crippen molar-refractivity contribution in [1.82, 2.24) is 24.2 Å². The summed E-state index contributed by atoms with van der Waals surface area (Å²) in [6.45, 7) is 5.54. The van der Waals surface area contributed by atoms with Gasteiger partial charge in [0.05, 0.1) is 29.3 Å². The van der Waals surface area contributed by atoms with E-state index in [9.17, 15) is 9.59 Å². The van der Waals surface area contributed by atoms with Crippen molar-refractivity contribution in [3.63, 3.8) is 0 Å². The maximum absolute atomic E-state index is 12.6. The van der Waals surface area contributed by atoms with Crippen LogP contribution in [0, 0.1) is 4.77 Å². The number of benzene rings is 1. The van der Waals surface area contributed by atoms with Gasteiger partial charge in [-0.05, 0) is 44.5 Å². The molecule has 0 unspecified atom stereocenters. The molecule has 0 aliphatic rings. The van der Waals surface area contributed by atoms with Crippen molar-refractivity contribution in [1.29, 1.82) is 0 Å². The first-order chi connectivity index (χ1) is 13.4. The fourth-order valence-electron chi connectivity index (χ4n) is 2.75. The number of rotatable bonds is 7. The summed E-state index contributed by atoms with van der Waals surface area (Å²) in [6.07, 6.45) is 5.00. The van der Waals surface area contributed by atoms with Crippen LogP contribution < -0.4 is 10.9 Å². The van der Waals surface area contributed by atoms with E-state index in [1.807, 2.05) is 14.1 Å². The highest BCUT2D eigenvalue weighted by Gasteiger charge is 2.11. The lowest BCUT2D eigenvalue weighted by atomic mass is 10.1. The number of H-pyrrole nitrogens is 1. The average Bonchev–Trinajstić information content (AvgIpc) is 3.10. The largest absolute Gasteiger partial charge is 0.332 e. The van der Waals surface area contributed by atoms with Crippen molar-refractivity contribution in [3.05, 3.63) is 63.9 Å². The molecule has 0 spiro atoms. The highest BCUT2D eigenvalue weighted by atomic mass is 32.1. The Morgan fingerprint density at radius 2 is 2.21 bits per heavy atom. The third-order valence-corrected chi connectivity index (χ3v) is 4.55. The number of aromatic nitrogens is 4. The van der Waals surface area contributed by atoms with Crippen molar-refractivity contribution in [2.24, 2.45) is 0 Å². The molecule has 0 aliphatic carbocycles.